The molecule has 3 N–H and O–H groups in total. The molecule has 0 saturated heterocycles. The fourth-order valence-corrected chi connectivity index (χ4v) is 1.94. The molecular weight excluding hydrogens is 247 g/mol. The first-order valence-corrected chi connectivity index (χ1v) is 5.97. The van der Waals surface area contributed by atoms with Crippen LogP contribution in [-0.2, 0) is 6.42 Å². The normalized spacial score (nSPS) is 11.8. The number of rotatable bonds is 4. The van der Waals surface area contributed by atoms with Crippen LogP contribution in [0.25, 0.3) is 5.69 Å². The largest absolute Gasteiger partial charge is 0.409 e. The molecule has 0 spiro atoms. The van der Waals surface area contributed by atoms with Crippen LogP contribution in [0.3, 0.4) is 0 Å². The highest BCUT2D eigenvalue weighted by molar-refractivity contribution is 6.00. The molecule has 2 aromatic rings. The summed E-state index contributed by atoms with van der Waals surface area (Å²) in [7, 11) is 0. The first-order valence-electron chi connectivity index (χ1n) is 5.97. The average Bonchev–Trinajstić information content (AvgIpc) is 2.86. The second-order valence-electron chi connectivity index (χ2n) is 4.11. The third-order valence-electron chi connectivity index (χ3n) is 2.79. The van der Waals surface area contributed by atoms with Gasteiger partial charge in [0.15, 0.2) is 5.84 Å². The lowest BCUT2D eigenvalue weighted by Gasteiger charge is -2.12. The van der Waals surface area contributed by atoms with Gasteiger partial charge in [-0.05, 0) is 24.6 Å². The molecular formula is C13H15FN4O. The van der Waals surface area contributed by atoms with E-state index in [1.807, 2.05) is 11.5 Å². The number of aromatic nitrogens is 2. The summed E-state index contributed by atoms with van der Waals surface area (Å²) in [5, 5.41) is 11.7. The van der Waals surface area contributed by atoms with Crippen LogP contribution in [0.4, 0.5) is 4.39 Å². The molecule has 0 amide bonds. The molecule has 0 aliphatic heterocycles. The van der Waals surface area contributed by atoms with Crippen LogP contribution < -0.4 is 5.73 Å². The van der Waals surface area contributed by atoms with Gasteiger partial charge in [0.2, 0.25) is 0 Å². The molecule has 6 heteroatoms. The Kier molecular flexibility index (Phi) is 3.79. The topological polar surface area (TPSA) is 76.4 Å². The quantitative estimate of drug-likeness (QED) is 0.383. The predicted octanol–water partition coefficient (Wildman–Crippen LogP) is 2.06. The molecule has 0 aliphatic rings. The monoisotopic (exact) mass is 262 g/mol. The Hall–Kier alpha value is -2.37. The molecule has 1 heterocycles. The van der Waals surface area contributed by atoms with E-state index in [1.54, 1.807) is 18.5 Å². The minimum Gasteiger partial charge on any atom is -0.409 e. The van der Waals surface area contributed by atoms with Crippen molar-refractivity contribution in [1.82, 2.24) is 9.55 Å². The lowest BCUT2D eigenvalue weighted by atomic mass is 10.1. The number of nitrogens with zero attached hydrogens (tertiary/aromatic N) is 3. The van der Waals surface area contributed by atoms with Crippen molar-refractivity contribution < 1.29 is 9.60 Å². The van der Waals surface area contributed by atoms with E-state index in [1.165, 1.54) is 12.1 Å². The number of imidazole rings is 1. The Morgan fingerprint density at radius 1 is 1.53 bits per heavy atom. The van der Waals surface area contributed by atoms with Gasteiger partial charge in [-0.2, -0.15) is 0 Å². The van der Waals surface area contributed by atoms with Crippen LogP contribution in [0.15, 0.2) is 35.7 Å². The first-order chi connectivity index (χ1) is 9.17. The summed E-state index contributed by atoms with van der Waals surface area (Å²) in [6.45, 7) is 2.05. The fraction of sp³-hybridized carbons (Fsp3) is 0.231. The molecule has 2 rings (SSSR count). The number of benzene rings is 1. The Bertz CT molecular complexity index is 606. The van der Waals surface area contributed by atoms with E-state index >= 15 is 0 Å². The maximum absolute atomic E-state index is 13.3. The highest BCUT2D eigenvalue weighted by atomic mass is 19.1. The highest BCUT2D eigenvalue weighted by Gasteiger charge is 2.13. The smallest absolute Gasteiger partial charge is 0.172 e. The van der Waals surface area contributed by atoms with Gasteiger partial charge in [0.05, 0.1) is 5.69 Å². The number of oxime groups is 1. The molecule has 19 heavy (non-hydrogen) atoms. The van der Waals surface area contributed by atoms with E-state index in [2.05, 4.69) is 10.1 Å². The van der Waals surface area contributed by atoms with E-state index in [-0.39, 0.29) is 5.84 Å². The SMILES string of the molecule is CCCc1nccn1-c1ccc(F)cc1C(N)=NO. The lowest BCUT2D eigenvalue weighted by Crippen LogP contribution is -2.17. The van der Waals surface area contributed by atoms with E-state index in [9.17, 15) is 4.39 Å². The molecule has 0 unspecified atom stereocenters. The summed E-state index contributed by atoms with van der Waals surface area (Å²) in [4.78, 5) is 4.26. The van der Waals surface area contributed by atoms with Crippen LogP contribution in [0.1, 0.15) is 24.7 Å². The van der Waals surface area contributed by atoms with Crippen molar-refractivity contribution in [2.75, 3.05) is 0 Å². The summed E-state index contributed by atoms with van der Waals surface area (Å²) in [6, 6.07) is 4.16. The number of aryl methyl sites for hydroxylation is 1. The minimum absolute atomic E-state index is 0.134. The van der Waals surface area contributed by atoms with Gasteiger partial charge in [0.25, 0.3) is 0 Å². The van der Waals surface area contributed by atoms with Gasteiger partial charge in [-0.1, -0.05) is 12.1 Å². The zero-order chi connectivity index (χ0) is 13.8. The predicted molar refractivity (Wildman–Crippen MR) is 70.0 cm³/mol. The van der Waals surface area contributed by atoms with Crippen molar-refractivity contribution in [2.45, 2.75) is 19.8 Å². The Morgan fingerprint density at radius 2 is 2.32 bits per heavy atom. The maximum atomic E-state index is 13.3. The van der Waals surface area contributed by atoms with Gasteiger partial charge in [0, 0.05) is 24.4 Å². The van der Waals surface area contributed by atoms with Gasteiger partial charge < -0.3 is 15.5 Å². The second kappa shape index (κ2) is 5.51. The highest BCUT2D eigenvalue weighted by Crippen LogP contribution is 2.18. The lowest BCUT2D eigenvalue weighted by molar-refractivity contribution is 0.318. The standard InChI is InChI=1S/C13H15FN4O/c1-2-3-12-16-6-7-18(12)11-5-4-9(14)8-10(11)13(15)17-19/h4-8,19H,2-3H2,1H3,(H2,15,17). The number of hydrogen-bond acceptors (Lipinski definition) is 3. The molecule has 5 nitrogen and oxygen atoms in total. The number of nitrogens with two attached hydrogens (primary N) is 1. The van der Waals surface area contributed by atoms with Gasteiger partial charge in [-0.25, -0.2) is 9.37 Å². The molecule has 0 bridgehead atoms. The van der Waals surface area contributed by atoms with Crippen molar-refractivity contribution in [3.63, 3.8) is 0 Å². The van der Waals surface area contributed by atoms with E-state index < -0.39 is 5.82 Å². The molecule has 0 fully saturated rings. The molecule has 0 saturated carbocycles. The van der Waals surface area contributed by atoms with Gasteiger partial charge >= 0.3 is 0 Å². The van der Waals surface area contributed by atoms with E-state index in [4.69, 9.17) is 10.9 Å². The molecule has 1 aromatic heterocycles. The fourth-order valence-electron chi connectivity index (χ4n) is 1.94. The molecule has 100 valence electrons. The Labute approximate surface area is 110 Å². The Balaban J connectivity index is 2.58. The summed E-state index contributed by atoms with van der Waals surface area (Å²) >= 11 is 0. The van der Waals surface area contributed by atoms with Crippen LogP contribution in [0.5, 0.6) is 0 Å². The summed E-state index contributed by atoms with van der Waals surface area (Å²) in [5.41, 5.74) is 6.56. The summed E-state index contributed by atoms with van der Waals surface area (Å²) in [6.07, 6.45) is 5.17. The van der Waals surface area contributed by atoms with E-state index in [0.717, 1.165) is 18.7 Å². The average molecular weight is 262 g/mol. The number of amidine groups is 1. The van der Waals surface area contributed by atoms with Crippen molar-refractivity contribution in [3.05, 3.63) is 47.8 Å². The first kappa shape index (κ1) is 13.1. The van der Waals surface area contributed by atoms with Gasteiger partial charge in [-0.3, -0.25) is 0 Å². The molecule has 0 aliphatic carbocycles. The zero-order valence-electron chi connectivity index (χ0n) is 10.5. The summed E-state index contributed by atoms with van der Waals surface area (Å²) < 4.78 is 15.1. The molecule has 1 aromatic carbocycles. The molecule has 0 radical (unpaired) electrons. The van der Waals surface area contributed by atoms with Crippen LogP contribution >= 0.6 is 0 Å². The third-order valence-corrected chi connectivity index (χ3v) is 2.79. The number of halogens is 1. The molecule has 0 atom stereocenters. The number of hydrogen-bond donors (Lipinski definition) is 2. The van der Waals surface area contributed by atoms with Crippen molar-refractivity contribution in [1.29, 1.82) is 0 Å². The summed E-state index contributed by atoms with van der Waals surface area (Å²) in [5.74, 6) is 0.272. The van der Waals surface area contributed by atoms with Crippen molar-refractivity contribution in [2.24, 2.45) is 10.9 Å². The third kappa shape index (κ3) is 2.57. The van der Waals surface area contributed by atoms with Crippen LogP contribution in [0.2, 0.25) is 0 Å². The minimum atomic E-state index is -0.442. The maximum Gasteiger partial charge on any atom is 0.172 e. The Morgan fingerprint density at radius 3 is 3.00 bits per heavy atom. The van der Waals surface area contributed by atoms with Crippen molar-refractivity contribution in [3.8, 4) is 5.69 Å². The van der Waals surface area contributed by atoms with Gasteiger partial charge in [0.1, 0.15) is 11.6 Å². The van der Waals surface area contributed by atoms with Crippen LogP contribution in [0, 0.1) is 5.82 Å². The van der Waals surface area contributed by atoms with Crippen LogP contribution in [-0.4, -0.2) is 20.6 Å². The second-order valence-corrected chi connectivity index (χ2v) is 4.11. The zero-order valence-corrected chi connectivity index (χ0v) is 10.5. The van der Waals surface area contributed by atoms with Gasteiger partial charge in [-0.15, -0.1) is 0 Å². The van der Waals surface area contributed by atoms with Crippen molar-refractivity contribution >= 4 is 5.84 Å². The van der Waals surface area contributed by atoms with E-state index in [0.29, 0.717) is 11.3 Å².